The molecule has 0 amide bonds. The molecule has 1 N–H and O–H groups in total. The van der Waals surface area contributed by atoms with Gasteiger partial charge in [0, 0.05) is 17.7 Å². The summed E-state index contributed by atoms with van der Waals surface area (Å²) in [6, 6.07) is 0.441. The summed E-state index contributed by atoms with van der Waals surface area (Å²) < 4.78 is 35.7. The van der Waals surface area contributed by atoms with Crippen molar-refractivity contribution >= 4 is 11.8 Å². The molecule has 1 aliphatic carbocycles. The third-order valence-electron chi connectivity index (χ3n) is 3.08. The van der Waals surface area contributed by atoms with E-state index in [4.69, 9.17) is 0 Å². The van der Waals surface area contributed by atoms with Crippen LogP contribution in [0.25, 0.3) is 0 Å². The van der Waals surface area contributed by atoms with E-state index in [0.29, 0.717) is 12.6 Å². The van der Waals surface area contributed by atoms with Gasteiger partial charge < -0.3 is 5.32 Å². The lowest BCUT2D eigenvalue weighted by Crippen LogP contribution is -2.34. The van der Waals surface area contributed by atoms with Crippen LogP contribution in [0.5, 0.6) is 0 Å². The average Bonchev–Trinajstić information content (AvgIpc) is 2.24. The third kappa shape index (κ3) is 5.99. The minimum Gasteiger partial charge on any atom is -0.314 e. The van der Waals surface area contributed by atoms with E-state index in [9.17, 15) is 13.2 Å². The second-order valence-electron chi connectivity index (χ2n) is 4.38. The van der Waals surface area contributed by atoms with Crippen LogP contribution in [-0.2, 0) is 0 Å². The van der Waals surface area contributed by atoms with Gasteiger partial charge in [0.2, 0.25) is 0 Å². The Bertz CT molecular complexity index is 188. The molecule has 0 bridgehead atoms. The minimum atomic E-state index is -4.00. The normalized spacial score (nSPS) is 27.0. The Morgan fingerprint density at radius 2 is 1.81 bits per heavy atom. The fraction of sp³-hybridized carbons (Fsp3) is 1.00. The Hall–Kier alpha value is 0.100. The number of rotatable bonds is 5. The Morgan fingerprint density at radius 3 is 2.31 bits per heavy atom. The smallest absolute Gasteiger partial charge is 0.314 e. The van der Waals surface area contributed by atoms with Crippen LogP contribution >= 0.6 is 11.8 Å². The highest BCUT2D eigenvalue weighted by molar-refractivity contribution is 7.99. The first kappa shape index (κ1) is 14.2. The maximum Gasteiger partial charge on any atom is 0.389 e. The van der Waals surface area contributed by atoms with Gasteiger partial charge in [-0.3, -0.25) is 0 Å². The van der Waals surface area contributed by atoms with E-state index in [1.807, 2.05) is 11.8 Å². The summed E-state index contributed by atoms with van der Waals surface area (Å²) in [5, 5.41) is 3.99. The van der Waals surface area contributed by atoms with E-state index in [-0.39, 0.29) is 6.42 Å². The predicted molar refractivity (Wildman–Crippen MR) is 62.9 cm³/mol. The predicted octanol–water partition coefficient (Wildman–Crippen LogP) is 3.59. The van der Waals surface area contributed by atoms with E-state index in [1.165, 1.54) is 12.8 Å². The molecule has 0 saturated heterocycles. The molecule has 96 valence electrons. The third-order valence-corrected chi connectivity index (χ3v) is 4.22. The van der Waals surface area contributed by atoms with Gasteiger partial charge >= 0.3 is 6.18 Å². The Labute approximate surface area is 99.6 Å². The lowest BCUT2D eigenvalue weighted by atomic mass is 9.95. The molecule has 0 heterocycles. The quantitative estimate of drug-likeness (QED) is 0.753. The molecule has 0 aromatic rings. The minimum absolute atomic E-state index is 0.200. The fourth-order valence-electron chi connectivity index (χ4n) is 2.10. The molecule has 0 unspecified atom stereocenters. The molecule has 0 aromatic carbocycles. The monoisotopic (exact) mass is 255 g/mol. The Kier molecular flexibility index (Phi) is 5.97. The van der Waals surface area contributed by atoms with Gasteiger partial charge in [-0.15, -0.1) is 0 Å². The molecular formula is C11H20F3NS. The zero-order chi connectivity index (χ0) is 12.0. The zero-order valence-electron chi connectivity index (χ0n) is 9.65. The van der Waals surface area contributed by atoms with Gasteiger partial charge in [0.1, 0.15) is 0 Å². The molecule has 0 radical (unpaired) electrons. The van der Waals surface area contributed by atoms with Crippen molar-refractivity contribution in [2.24, 2.45) is 0 Å². The van der Waals surface area contributed by atoms with Crippen molar-refractivity contribution in [2.45, 2.75) is 56.0 Å². The first-order valence-electron chi connectivity index (χ1n) is 5.84. The van der Waals surface area contributed by atoms with Gasteiger partial charge in [-0.1, -0.05) is 0 Å². The Balaban J connectivity index is 2.02. The standard InChI is InChI=1S/C11H20F3NS/c1-16-10-5-3-9(4-6-10)15-8-2-7-11(12,13)14/h9-10,15H,2-8H2,1H3. The molecule has 5 heteroatoms. The topological polar surface area (TPSA) is 12.0 Å². The van der Waals surface area contributed by atoms with Crippen LogP contribution in [0.3, 0.4) is 0 Å². The van der Waals surface area contributed by atoms with Gasteiger partial charge in [0.25, 0.3) is 0 Å². The van der Waals surface area contributed by atoms with Gasteiger partial charge in [0.05, 0.1) is 0 Å². The molecule has 1 nitrogen and oxygen atoms in total. The largest absolute Gasteiger partial charge is 0.389 e. The van der Waals surface area contributed by atoms with E-state index >= 15 is 0 Å². The van der Waals surface area contributed by atoms with Crippen LogP contribution in [0, 0.1) is 0 Å². The van der Waals surface area contributed by atoms with Crippen LogP contribution in [0.4, 0.5) is 13.2 Å². The van der Waals surface area contributed by atoms with Crippen LogP contribution < -0.4 is 5.32 Å². The van der Waals surface area contributed by atoms with Gasteiger partial charge in [-0.05, 0) is 44.9 Å². The molecule has 16 heavy (non-hydrogen) atoms. The summed E-state index contributed by atoms with van der Waals surface area (Å²) in [6.45, 7) is 0.494. The van der Waals surface area contributed by atoms with Gasteiger partial charge in [-0.25, -0.2) is 0 Å². The van der Waals surface area contributed by atoms with Crippen molar-refractivity contribution in [2.75, 3.05) is 12.8 Å². The SMILES string of the molecule is CSC1CCC(NCCCC(F)(F)F)CC1. The number of hydrogen-bond acceptors (Lipinski definition) is 2. The van der Waals surface area contributed by atoms with Gasteiger partial charge in [-0.2, -0.15) is 24.9 Å². The van der Waals surface area contributed by atoms with Crippen molar-refractivity contribution in [3.8, 4) is 0 Å². The molecular weight excluding hydrogens is 235 g/mol. The van der Waals surface area contributed by atoms with E-state index in [2.05, 4.69) is 11.6 Å². The first-order valence-corrected chi connectivity index (χ1v) is 7.13. The van der Waals surface area contributed by atoms with Crippen LogP contribution in [0.2, 0.25) is 0 Å². The van der Waals surface area contributed by atoms with E-state index in [0.717, 1.165) is 18.1 Å². The number of nitrogens with one attached hydrogen (secondary N) is 1. The number of hydrogen-bond donors (Lipinski definition) is 1. The van der Waals surface area contributed by atoms with Crippen LogP contribution in [0.1, 0.15) is 38.5 Å². The van der Waals surface area contributed by atoms with Crippen molar-refractivity contribution in [1.82, 2.24) is 5.32 Å². The van der Waals surface area contributed by atoms with Crippen LogP contribution in [-0.4, -0.2) is 30.3 Å². The van der Waals surface area contributed by atoms with E-state index < -0.39 is 12.6 Å². The second kappa shape index (κ2) is 6.74. The first-order chi connectivity index (χ1) is 7.51. The van der Waals surface area contributed by atoms with Crippen LogP contribution in [0.15, 0.2) is 0 Å². The average molecular weight is 255 g/mol. The number of thioether (sulfide) groups is 1. The van der Waals surface area contributed by atoms with E-state index in [1.54, 1.807) is 0 Å². The summed E-state index contributed by atoms with van der Waals surface area (Å²) in [7, 11) is 0. The summed E-state index contributed by atoms with van der Waals surface area (Å²) in [5.41, 5.74) is 0. The lowest BCUT2D eigenvalue weighted by molar-refractivity contribution is -0.135. The van der Waals surface area contributed by atoms with Gasteiger partial charge in [0.15, 0.2) is 0 Å². The summed E-state index contributed by atoms with van der Waals surface area (Å²) in [5.74, 6) is 0. The van der Waals surface area contributed by atoms with Crippen molar-refractivity contribution in [3.05, 3.63) is 0 Å². The lowest BCUT2D eigenvalue weighted by Gasteiger charge is -2.28. The summed E-state index contributed by atoms with van der Waals surface area (Å²) in [4.78, 5) is 0. The molecule has 1 aliphatic rings. The molecule has 1 fully saturated rings. The highest BCUT2D eigenvalue weighted by Gasteiger charge is 2.26. The summed E-state index contributed by atoms with van der Waals surface area (Å²) in [6.07, 6.45) is 2.26. The molecule has 0 aliphatic heterocycles. The zero-order valence-corrected chi connectivity index (χ0v) is 10.5. The second-order valence-corrected chi connectivity index (χ2v) is 5.52. The highest BCUT2D eigenvalue weighted by atomic mass is 32.2. The van der Waals surface area contributed by atoms with Crippen molar-refractivity contribution in [1.29, 1.82) is 0 Å². The molecule has 1 rings (SSSR count). The molecule has 1 saturated carbocycles. The molecule has 0 spiro atoms. The maximum absolute atomic E-state index is 11.9. The van der Waals surface area contributed by atoms with Crippen molar-refractivity contribution in [3.63, 3.8) is 0 Å². The Morgan fingerprint density at radius 1 is 1.19 bits per heavy atom. The summed E-state index contributed by atoms with van der Waals surface area (Å²) >= 11 is 1.90. The maximum atomic E-state index is 11.9. The number of halogens is 3. The number of alkyl halides is 3. The van der Waals surface area contributed by atoms with Crippen molar-refractivity contribution < 1.29 is 13.2 Å². The molecule has 0 atom stereocenters. The highest BCUT2D eigenvalue weighted by Crippen LogP contribution is 2.27. The molecule has 0 aromatic heterocycles. The fourth-order valence-corrected chi connectivity index (χ4v) is 2.84.